The number of benzene rings is 1. The zero-order valence-corrected chi connectivity index (χ0v) is 10.7. The Morgan fingerprint density at radius 1 is 1.22 bits per heavy atom. The molecule has 1 aromatic carbocycles. The molecule has 0 aliphatic rings. The largest absolute Gasteiger partial charge is 0.437 e. The van der Waals surface area contributed by atoms with Crippen molar-refractivity contribution in [3.05, 3.63) is 52.1 Å². The Hall–Kier alpha value is -1.78. The number of pyridine rings is 1. The van der Waals surface area contributed by atoms with Gasteiger partial charge in [-0.05, 0) is 18.2 Å². The second-order valence-corrected chi connectivity index (χ2v) is 4.32. The predicted molar refractivity (Wildman–Crippen MR) is 71.8 cm³/mol. The molecule has 0 bridgehead atoms. The van der Waals surface area contributed by atoms with E-state index in [1.54, 1.807) is 30.3 Å². The van der Waals surface area contributed by atoms with Crippen molar-refractivity contribution in [1.29, 1.82) is 5.41 Å². The van der Waals surface area contributed by atoms with E-state index in [2.05, 4.69) is 4.98 Å². The Labute approximate surface area is 114 Å². The Morgan fingerprint density at radius 3 is 2.61 bits per heavy atom. The first kappa shape index (κ1) is 12.7. The number of nitrogens with two attached hydrogens (primary N) is 1. The van der Waals surface area contributed by atoms with Gasteiger partial charge < -0.3 is 10.5 Å². The molecule has 3 N–H and O–H groups in total. The molecule has 0 atom stereocenters. The highest BCUT2D eigenvalue weighted by Gasteiger charge is 2.05. The van der Waals surface area contributed by atoms with E-state index < -0.39 is 0 Å². The van der Waals surface area contributed by atoms with Crippen molar-refractivity contribution in [1.82, 2.24) is 4.98 Å². The highest BCUT2D eigenvalue weighted by molar-refractivity contribution is 6.34. The first-order chi connectivity index (χ1) is 8.56. The van der Waals surface area contributed by atoms with Gasteiger partial charge >= 0.3 is 0 Å². The zero-order chi connectivity index (χ0) is 13.1. The fraction of sp³-hybridized carbons (Fsp3) is 0. The lowest BCUT2D eigenvalue weighted by Crippen LogP contribution is -2.11. The molecule has 0 fully saturated rings. The topological polar surface area (TPSA) is 72.0 Å². The molecule has 0 radical (unpaired) electrons. The molecule has 0 saturated heterocycles. The van der Waals surface area contributed by atoms with E-state index in [9.17, 15) is 0 Å². The molecule has 4 nitrogen and oxygen atoms in total. The van der Waals surface area contributed by atoms with Gasteiger partial charge in [-0.1, -0.05) is 23.2 Å². The van der Waals surface area contributed by atoms with E-state index in [0.29, 0.717) is 27.2 Å². The number of ether oxygens (including phenoxy) is 1. The maximum atomic E-state index is 7.25. The van der Waals surface area contributed by atoms with E-state index in [1.165, 1.54) is 6.20 Å². The number of aromatic nitrogens is 1. The van der Waals surface area contributed by atoms with Crippen LogP contribution in [0.1, 0.15) is 5.56 Å². The third-order valence-corrected chi connectivity index (χ3v) is 2.70. The van der Waals surface area contributed by atoms with Gasteiger partial charge in [-0.15, -0.1) is 0 Å². The lowest BCUT2D eigenvalue weighted by atomic mass is 10.3. The van der Waals surface area contributed by atoms with Crippen LogP contribution in [-0.4, -0.2) is 10.8 Å². The van der Waals surface area contributed by atoms with Crippen LogP contribution in [0, 0.1) is 5.41 Å². The third-order valence-electron chi connectivity index (χ3n) is 2.16. The van der Waals surface area contributed by atoms with Crippen molar-refractivity contribution < 1.29 is 4.74 Å². The first-order valence-corrected chi connectivity index (χ1v) is 5.75. The van der Waals surface area contributed by atoms with E-state index in [4.69, 9.17) is 39.1 Å². The van der Waals surface area contributed by atoms with Crippen LogP contribution < -0.4 is 10.5 Å². The highest BCUT2D eigenvalue weighted by Crippen LogP contribution is 2.30. The average Bonchev–Trinajstić information content (AvgIpc) is 2.34. The Bertz CT molecular complexity index is 584. The molecule has 2 aromatic rings. The van der Waals surface area contributed by atoms with Gasteiger partial charge in [0.15, 0.2) is 0 Å². The summed E-state index contributed by atoms with van der Waals surface area (Å²) in [5, 5.41) is 8.21. The van der Waals surface area contributed by atoms with Crippen LogP contribution in [0.15, 0.2) is 36.5 Å². The number of rotatable bonds is 3. The minimum absolute atomic E-state index is 0.0464. The summed E-state index contributed by atoms with van der Waals surface area (Å²) in [7, 11) is 0. The summed E-state index contributed by atoms with van der Waals surface area (Å²) in [5.41, 5.74) is 5.85. The minimum Gasteiger partial charge on any atom is -0.437 e. The van der Waals surface area contributed by atoms with Crippen LogP contribution in [-0.2, 0) is 0 Å². The smallest absolute Gasteiger partial charge is 0.219 e. The molecule has 92 valence electrons. The van der Waals surface area contributed by atoms with Crippen LogP contribution in [0.3, 0.4) is 0 Å². The average molecular weight is 282 g/mol. The molecule has 0 aliphatic heterocycles. The van der Waals surface area contributed by atoms with Crippen LogP contribution in [0.5, 0.6) is 11.6 Å². The second kappa shape index (κ2) is 5.25. The summed E-state index contributed by atoms with van der Waals surface area (Å²) in [4.78, 5) is 4.02. The van der Waals surface area contributed by atoms with Crippen molar-refractivity contribution in [3.8, 4) is 11.6 Å². The SMILES string of the molecule is N=C(N)c1ccc(Oc2cc(Cl)ccc2Cl)nc1. The number of nitrogen functional groups attached to an aromatic ring is 1. The minimum atomic E-state index is -0.0464. The predicted octanol–water partition coefficient (Wildman–Crippen LogP) is 3.46. The fourth-order valence-electron chi connectivity index (χ4n) is 1.27. The van der Waals surface area contributed by atoms with Crippen molar-refractivity contribution in [2.75, 3.05) is 0 Å². The summed E-state index contributed by atoms with van der Waals surface area (Å²) < 4.78 is 5.49. The molecule has 0 aliphatic carbocycles. The van der Waals surface area contributed by atoms with Gasteiger partial charge in [0.1, 0.15) is 11.6 Å². The normalized spacial score (nSPS) is 10.1. The van der Waals surface area contributed by atoms with Gasteiger partial charge in [-0.2, -0.15) is 0 Å². The number of amidine groups is 1. The molecular formula is C12H9Cl2N3O. The third kappa shape index (κ3) is 2.91. The van der Waals surface area contributed by atoms with Crippen LogP contribution in [0.4, 0.5) is 0 Å². The monoisotopic (exact) mass is 281 g/mol. The summed E-state index contributed by atoms with van der Waals surface area (Å²) in [6.07, 6.45) is 1.45. The van der Waals surface area contributed by atoms with Crippen LogP contribution in [0.25, 0.3) is 0 Å². The highest BCUT2D eigenvalue weighted by atomic mass is 35.5. The van der Waals surface area contributed by atoms with Gasteiger partial charge in [-0.25, -0.2) is 4.98 Å². The first-order valence-electron chi connectivity index (χ1n) is 4.99. The molecule has 0 amide bonds. The van der Waals surface area contributed by atoms with Gasteiger partial charge in [-0.3, -0.25) is 5.41 Å². The Kier molecular flexibility index (Phi) is 3.69. The van der Waals surface area contributed by atoms with Crippen molar-refractivity contribution in [2.24, 2.45) is 5.73 Å². The van der Waals surface area contributed by atoms with E-state index in [-0.39, 0.29) is 5.84 Å². The van der Waals surface area contributed by atoms with Gasteiger partial charge in [0.05, 0.1) is 5.02 Å². The van der Waals surface area contributed by atoms with Crippen LogP contribution in [0.2, 0.25) is 10.0 Å². The quantitative estimate of drug-likeness (QED) is 0.668. The Morgan fingerprint density at radius 2 is 2.00 bits per heavy atom. The lowest BCUT2D eigenvalue weighted by molar-refractivity contribution is 0.463. The lowest BCUT2D eigenvalue weighted by Gasteiger charge is -2.07. The number of hydrogen-bond acceptors (Lipinski definition) is 3. The van der Waals surface area contributed by atoms with E-state index in [1.807, 2.05) is 0 Å². The van der Waals surface area contributed by atoms with Crippen LogP contribution >= 0.6 is 23.2 Å². The zero-order valence-electron chi connectivity index (χ0n) is 9.15. The van der Waals surface area contributed by atoms with Crippen molar-refractivity contribution in [3.63, 3.8) is 0 Å². The molecule has 0 unspecified atom stereocenters. The maximum Gasteiger partial charge on any atom is 0.219 e. The summed E-state index contributed by atoms with van der Waals surface area (Å²) in [5.74, 6) is 0.728. The summed E-state index contributed by atoms with van der Waals surface area (Å²) >= 11 is 11.8. The summed E-state index contributed by atoms with van der Waals surface area (Å²) in [6.45, 7) is 0. The molecule has 1 aromatic heterocycles. The van der Waals surface area contributed by atoms with Crippen molar-refractivity contribution >= 4 is 29.0 Å². The number of nitrogens with zero attached hydrogens (tertiary/aromatic N) is 1. The molecule has 2 rings (SSSR count). The van der Waals surface area contributed by atoms with E-state index >= 15 is 0 Å². The second-order valence-electron chi connectivity index (χ2n) is 3.48. The number of nitrogens with one attached hydrogen (secondary N) is 1. The standard InChI is InChI=1S/C12H9Cl2N3O/c13-8-2-3-9(14)10(5-8)18-11-4-1-7(6-17-11)12(15)16/h1-6H,(H3,15,16). The molecular weight excluding hydrogens is 273 g/mol. The van der Waals surface area contributed by atoms with Gasteiger partial charge in [0, 0.05) is 28.9 Å². The van der Waals surface area contributed by atoms with Gasteiger partial charge in [0.2, 0.25) is 5.88 Å². The Balaban J connectivity index is 2.23. The van der Waals surface area contributed by atoms with E-state index in [0.717, 1.165) is 0 Å². The van der Waals surface area contributed by atoms with Gasteiger partial charge in [0.25, 0.3) is 0 Å². The molecule has 18 heavy (non-hydrogen) atoms. The van der Waals surface area contributed by atoms with Crippen molar-refractivity contribution in [2.45, 2.75) is 0 Å². The number of hydrogen-bond donors (Lipinski definition) is 2. The number of halogens is 2. The molecule has 1 heterocycles. The summed E-state index contributed by atoms with van der Waals surface area (Å²) in [6, 6.07) is 8.16. The molecule has 0 saturated carbocycles. The molecule has 6 heteroatoms. The maximum absolute atomic E-state index is 7.25. The molecule has 0 spiro atoms. The fourth-order valence-corrected chi connectivity index (χ4v) is 1.59.